The third-order valence-electron chi connectivity index (χ3n) is 5.05. The van der Waals surface area contributed by atoms with Crippen LogP contribution in [0.3, 0.4) is 0 Å². The average molecular weight is 407 g/mol. The highest BCUT2D eigenvalue weighted by molar-refractivity contribution is 7.13. The number of rotatable bonds is 4. The number of carbonyl (C=O) groups is 2. The van der Waals surface area contributed by atoms with Gasteiger partial charge in [-0.05, 0) is 29.5 Å². The van der Waals surface area contributed by atoms with Crippen molar-refractivity contribution in [2.45, 2.75) is 31.7 Å². The standard InChI is InChI=1S/C21H21N5O2S/c1-13-11-16(21(28)26(2)18-15(13)9-6-10-22-18)23-19(27)20-25-24-17(29-20)12-14-7-4-3-5-8-14/h3-10,13,16H,11-12H2,1-2H3,(H,23,27)/t13-,16-/m0/s1. The number of amides is 2. The van der Waals surface area contributed by atoms with Crippen LogP contribution in [0.2, 0.25) is 0 Å². The molecule has 1 aromatic carbocycles. The maximum atomic E-state index is 12.9. The van der Waals surface area contributed by atoms with Crippen molar-refractivity contribution in [2.24, 2.45) is 0 Å². The molecule has 7 nitrogen and oxygen atoms in total. The Morgan fingerprint density at radius 1 is 1.21 bits per heavy atom. The number of benzene rings is 1. The molecule has 3 aromatic rings. The summed E-state index contributed by atoms with van der Waals surface area (Å²) in [7, 11) is 1.69. The summed E-state index contributed by atoms with van der Waals surface area (Å²) in [5.41, 5.74) is 2.11. The van der Waals surface area contributed by atoms with Crippen LogP contribution in [-0.4, -0.2) is 40.1 Å². The van der Waals surface area contributed by atoms with Gasteiger partial charge in [0.05, 0.1) is 0 Å². The average Bonchev–Trinajstić information content (AvgIpc) is 3.18. The van der Waals surface area contributed by atoms with Gasteiger partial charge in [0.25, 0.3) is 5.91 Å². The molecule has 2 amide bonds. The molecule has 0 radical (unpaired) electrons. The van der Waals surface area contributed by atoms with Gasteiger partial charge in [0.15, 0.2) is 0 Å². The number of carbonyl (C=O) groups excluding carboxylic acids is 2. The minimum Gasteiger partial charge on any atom is -0.338 e. The first-order valence-electron chi connectivity index (χ1n) is 9.42. The zero-order valence-corrected chi connectivity index (χ0v) is 17.0. The molecule has 1 aliphatic rings. The summed E-state index contributed by atoms with van der Waals surface area (Å²) in [5.74, 6) is 0.167. The topological polar surface area (TPSA) is 88.1 Å². The van der Waals surface area contributed by atoms with E-state index in [0.29, 0.717) is 18.7 Å². The Kier molecular flexibility index (Phi) is 5.35. The van der Waals surface area contributed by atoms with Gasteiger partial charge in [-0.25, -0.2) is 4.98 Å². The first-order valence-corrected chi connectivity index (χ1v) is 10.2. The molecule has 0 saturated carbocycles. The van der Waals surface area contributed by atoms with Crippen LogP contribution in [0, 0.1) is 0 Å². The first kappa shape index (κ1) is 19.2. The predicted octanol–water partition coefficient (Wildman–Crippen LogP) is 2.79. The maximum Gasteiger partial charge on any atom is 0.282 e. The SMILES string of the molecule is C[C@H]1C[C@H](NC(=O)c2nnc(Cc3ccccc3)s2)C(=O)N(C)c2ncccc21. The van der Waals surface area contributed by atoms with Gasteiger partial charge in [0, 0.05) is 19.7 Å². The summed E-state index contributed by atoms with van der Waals surface area (Å²) in [4.78, 5) is 31.5. The van der Waals surface area contributed by atoms with Crippen molar-refractivity contribution in [2.75, 3.05) is 11.9 Å². The van der Waals surface area contributed by atoms with Gasteiger partial charge < -0.3 is 5.32 Å². The largest absolute Gasteiger partial charge is 0.338 e. The Morgan fingerprint density at radius 3 is 2.79 bits per heavy atom. The number of likely N-dealkylation sites (N-methyl/N-ethyl adjacent to an activating group) is 1. The number of aromatic nitrogens is 3. The molecule has 0 saturated heterocycles. The van der Waals surface area contributed by atoms with Crippen LogP contribution in [0.25, 0.3) is 0 Å². The summed E-state index contributed by atoms with van der Waals surface area (Å²) in [6, 6.07) is 13.1. The van der Waals surface area contributed by atoms with Crippen molar-refractivity contribution >= 4 is 29.0 Å². The van der Waals surface area contributed by atoms with E-state index in [1.54, 1.807) is 13.2 Å². The summed E-state index contributed by atoms with van der Waals surface area (Å²) >= 11 is 1.25. The normalized spacial score (nSPS) is 18.8. The fraction of sp³-hybridized carbons (Fsp3) is 0.286. The molecule has 2 atom stereocenters. The van der Waals surface area contributed by atoms with E-state index >= 15 is 0 Å². The summed E-state index contributed by atoms with van der Waals surface area (Å²) < 4.78 is 0. The second kappa shape index (κ2) is 8.08. The number of anilines is 1. The van der Waals surface area contributed by atoms with E-state index in [2.05, 4.69) is 20.5 Å². The number of pyridine rings is 1. The van der Waals surface area contributed by atoms with E-state index in [0.717, 1.165) is 16.1 Å². The molecule has 148 valence electrons. The highest BCUT2D eigenvalue weighted by Crippen LogP contribution is 2.32. The fourth-order valence-electron chi connectivity index (χ4n) is 3.52. The third kappa shape index (κ3) is 4.02. The molecular weight excluding hydrogens is 386 g/mol. The Labute approximate surface area is 172 Å². The Morgan fingerprint density at radius 2 is 2.00 bits per heavy atom. The van der Waals surface area contributed by atoms with E-state index in [1.165, 1.54) is 16.2 Å². The molecule has 29 heavy (non-hydrogen) atoms. The lowest BCUT2D eigenvalue weighted by atomic mass is 9.95. The van der Waals surface area contributed by atoms with E-state index in [9.17, 15) is 9.59 Å². The van der Waals surface area contributed by atoms with E-state index in [1.807, 2.05) is 49.4 Å². The van der Waals surface area contributed by atoms with Gasteiger partial charge >= 0.3 is 0 Å². The van der Waals surface area contributed by atoms with Gasteiger partial charge in [0.1, 0.15) is 16.9 Å². The van der Waals surface area contributed by atoms with Crippen LogP contribution in [0.5, 0.6) is 0 Å². The fourth-order valence-corrected chi connectivity index (χ4v) is 4.30. The smallest absolute Gasteiger partial charge is 0.282 e. The van der Waals surface area contributed by atoms with Crippen LogP contribution in [0.1, 0.15) is 45.2 Å². The van der Waals surface area contributed by atoms with Gasteiger partial charge in [-0.15, -0.1) is 10.2 Å². The first-order chi connectivity index (χ1) is 14.0. The highest BCUT2D eigenvalue weighted by Gasteiger charge is 2.33. The van der Waals surface area contributed by atoms with Crippen molar-refractivity contribution in [3.05, 3.63) is 69.8 Å². The van der Waals surface area contributed by atoms with E-state index < -0.39 is 6.04 Å². The molecule has 1 aliphatic heterocycles. The van der Waals surface area contributed by atoms with Crippen LogP contribution in [0.15, 0.2) is 48.7 Å². The van der Waals surface area contributed by atoms with Crippen molar-refractivity contribution in [1.29, 1.82) is 0 Å². The van der Waals surface area contributed by atoms with Gasteiger partial charge in [0.2, 0.25) is 10.9 Å². The van der Waals surface area contributed by atoms with Gasteiger partial charge in [-0.2, -0.15) is 0 Å². The summed E-state index contributed by atoms with van der Waals surface area (Å²) in [6.07, 6.45) is 2.79. The maximum absolute atomic E-state index is 12.9. The summed E-state index contributed by atoms with van der Waals surface area (Å²) in [5, 5.41) is 12.0. The minimum atomic E-state index is -0.641. The third-order valence-corrected chi connectivity index (χ3v) is 5.97. The molecule has 0 spiro atoms. The van der Waals surface area contributed by atoms with Crippen LogP contribution in [0.4, 0.5) is 5.82 Å². The number of hydrogen-bond donors (Lipinski definition) is 1. The second-order valence-corrected chi connectivity index (χ2v) is 8.20. The van der Waals surface area contributed by atoms with Crippen molar-refractivity contribution in [3.8, 4) is 0 Å². The molecule has 0 unspecified atom stereocenters. The lowest BCUT2D eigenvalue weighted by Crippen LogP contribution is -2.47. The van der Waals surface area contributed by atoms with E-state index in [-0.39, 0.29) is 22.7 Å². The van der Waals surface area contributed by atoms with Crippen LogP contribution in [-0.2, 0) is 11.2 Å². The van der Waals surface area contributed by atoms with Gasteiger partial charge in [-0.3, -0.25) is 14.5 Å². The Hall–Kier alpha value is -3.13. The molecule has 0 aliphatic carbocycles. The van der Waals surface area contributed by atoms with Crippen molar-refractivity contribution < 1.29 is 9.59 Å². The van der Waals surface area contributed by atoms with Crippen molar-refractivity contribution in [3.63, 3.8) is 0 Å². The Bertz CT molecular complexity index is 1040. The molecule has 8 heteroatoms. The Balaban J connectivity index is 1.48. The number of nitrogens with zero attached hydrogens (tertiary/aromatic N) is 4. The van der Waals surface area contributed by atoms with Crippen LogP contribution >= 0.6 is 11.3 Å². The zero-order chi connectivity index (χ0) is 20.4. The quantitative estimate of drug-likeness (QED) is 0.718. The molecule has 4 rings (SSSR count). The number of fused-ring (bicyclic) bond motifs is 1. The zero-order valence-electron chi connectivity index (χ0n) is 16.2. The van der Waals surface area contributed by atoms with Crippen LogP contribution < -0.4 is 10.2 Å². The van der Waals surface area contributed by atoms with E-state index in [4.69, 9.17) is 0 Å². The molecule has 3 heterocycles. The lowest BCUT2D eigenvalue weighted by molar-refractivity contribution is -0.120. The lowest BCUT2D eigenvalue weighted by Gasteiger charge is -2.20. The minimum absolute atomic E-state index is 0.0842. The van der Waals surface area contributed by atoms with Gasteiger partial charge in [-0.1, -0.05) is 54.7 Å². The summed E-state index contributed by atoms with van der Waals surface area (Å²) in [6.45, 7) is 2.04. The molecule has 2 aromatic heterocycles. The van der Waals surface area contributed by atoms with Crippen molar-refractivity contribution in [1.82, 2.24) is 20.5 Å². The highest BCUT2D eigenvalue weighted by atomic mass is 32.1. The molecule has 0 fully saturated rings. The monoisotopic (exact) mass is 407 g/mol. The number of nitrogens with one attached hydrogen (secondary N) is 1. The number of hydrogen-bond acceptors (Lipinski definition) is 6. The molecular formula is C21H21N5O2S. The second-order valence-electron chi connectivity index (χ2n) is 7.14. The molecule has 1 N–H and O–H groups in total. The molecule has 0 bridgehead atoms. The predicted molar refractivity (Wildman–Crippen MR) is 111 cm³/mol.